The van der Waals surface area contributed by atoms with E-state index in [0.717, 1.165) is 5.69 Å². The van der Waals surface area contributed by atoms with Crippen LogP contribution >= 0.6 is 0 Å². The highest BCUT2D eigenvalue weighted by molar-refractivity contribution is 5.54. The van der Waals surface area contributed by atoms with Crippen LogP contribution in [0.3, 0.4) is 0 Å². The largest absolute Gasteiger partial charge is 0.299 e. The van der Waals surface area contributed by atoms with Gasteiger partial charge in [-0.05, 0) is 23.1 Å². The van der Waals surface area contributed by atoms with Gasteiger partial charge in [-0.15, -0.1) is 0 Å². The van der Waals surface area contributed by atoms with Crippen LogP contribution in [0.4, 0.5) is 5.69 Å². The van der Waals surface area contributed by atoms with Crippen LogP contribution in [0.2, 0.25) is 0 Å². The molecule has 2 N–H and O–H groups in total. The van der Waals surface area contributed by atoms with E-state index < -0.39 is 0 Å². The molecule has 0 saturated heterocycles. The zero-order valence-electron chi connectivity index (χ0n) is 8.79. The summed E-state index contributed by atoms with van der Waals surface area (Å²) >= 11 is 0. The molecule has 0 aliphatic rings. The second-order valence-electron chi connectivity index (χ2n) is 4.22. The van der Waals surface area contributed by atoms with Crippen molar-refractivity contribution < 1.29 is 4.79 Å². The first-order valence-corrected chi connectivity index (χ1v) is 4.60. The number of nitrogens with one attached hydrogen (secondary N) is 2. The second-order valence-corrected chi connectivity index (χ2v) is 4.22. The molecular formula is C11H16N2O. The molecule has 0 spiro atoms. The predicted octanol–water partition coefficient (Wildman–Crippen LogP) is 2.06. The Bertz CT molecular complexity index is 315. The molecule has 0 aliphatic heterocycles. The number of anilines is 1. The van der Waals surface area contributed by atoms with Gasteiger partial charge in [0.25, 0.3) is 0 Å². The van der Waals surface area contributed by atoms with E-state index in [1.165, 1.54) is 5.56 Å². The number of carbonyl (C=O) groups excluding carboxylic acids is 1. The lowest BCUT2D eigenvalue weighted by Crippen LogP contribution is -2.19. The first-order valence-electron chi connectivity index (χ1n) is 4.60. The number of hydrogen-bond donors (Lipinski definition) is 2. The number of hydrazine groups is 1. The molecule has 14 heavy (non-hydrogen) atoms. The molecule has 1 rings (SSSR count). The minimum atomic E-state index is 0.124. The highest BCUT2D eigenvalue weighted by Crippen LogP contribution is 2.24. The standard InChI is InChI=1S/C11H16N2O/c1-11(2,3)9-5-4-6-10(7-9)13-12-8-14/h4-8,13H,1-3H3,(H,12,14). The summed E-state index contributed by atoms with van der Waals surface area (Å²) in [6, 6.07) is 7.98. The van der Waals surface area contributed by atoms with Crippen LogP contribution in [0.1, 0.15) is 26.3 Å². The third-order valence-electron chi connectivity index (χ3n) is 2.00. The molecule has 1 aromatic rings. The number of benzene rings is 1. The molecule has 0 fully saturated rings. The molecule has 0 aliphatic carbocycles. The molecule has 0 atom stereocenters. The Morgan fingerprint density at radius 1 is 1.29 bits per heavy atom. The summed E-state index contributed by atoms with van der Waals surface area (Å²) in [4.78, 5) is 10.1. The lowest BCUT2D eigenvalue weighted by atomic mass is 9.87. The van der Waals surface area contributed by atoms with E-state index in [1.807, 2.05) is 18.2 Å². The third kappa shape index (κ3) is 2.76. The third-order valence-corrected chi connectivity index (χ3v) is 2.00. The minimum absolute atomic E-state index is 0.124. The zero-order chi connectivity index (χ0) is 10.6. The van der Waals surface area contributed by atoms with Crippen LogP contribution < -0.4 is 10.9 Å². The van der Waals surface area contributed by atoms with Crippen LogP contribution in [-0.2, 0) is 10.2 Å². The number of amides is 1. The minimum Gasteiger partial charge on any atom is -0.299 e. The van der Waals surface area contributed by atoms with Gasteiger partial charge in [0.2, 0.25) is 6.41 Å². The molecule has 3 nitrogen and oxygen atoms in total. The first-order chi connectivity index (χ1) is 6.54. The monoisotopic (exact) mass is 192 g/mol. The Hall–Kier alpha value is -1.51. The van der Waals surface area contributed by atoms with Crippen LogP contribution in [0, 0.1) is 0 Å². The number of hydrogen-bond acceptors (Lipinski definition) is 2. The highest BCUT2D eigenvalue weighted by atomic mass is 16.1. The summed E-state index contributed by atoms with van der Waals surface area (Å²) in [5.74, 6) is 0. The summed E-state index contributed by atoms with van der Waals surface area (Å²) in [7, 11) is 0. The fraction of sp³-hybridized carbons (Fsp3) is 0.364. The van der Waals surface area contributed by atoms with Crippen molar-refractivity contribution in [1.82, 2.24) is 5.43 Å². The van der Waals surface area contributed by atoms with E-state index in [-0.39, 0.29) is 5.41 Å². The van der Waals surface area contributed by atoms with E-state index >= 15 is 0 Å². The maximum absolute atomic E-state index is 10.1. The van der Waals surface area contributed by atoms with Crippen molar-refractivity contribution in [3.8, 4) is 0 Å². The SMILES string of the molecule is CC(C)(C)c1cccc(NNC=O)c1. The van der Waals surface area contributed by atoms with E-state index in [1.54, 1.807) is 0 Å². The van der Waals surface area contributed by atoms with Gasteiger partial charge in [0.05, 0.1) is 5.69 Å². The summed E-state index contributed by atoms with van der Waals surface area (Å²) in [6.07, 6.45) is 0.615. The molecule has 0 aromatic heterocycles. The second kappa shape index (κ2) is 4.13. The van der Waals surface area contributed by atoms with Crippen LogP contribution in [0.25, 0.3) is 0 Å². The first kappa shape index (κ1) is 10.6. The maximum atomic E-state index is 10.1. The molecule has 0 heterocycles. The van der Waals surface area contributed by atoms with E-state index in [0.29, 0.717) is 6.41 Å². The Morgan fingerprint density at radius 3 is 2.57 bits per heavy atom. The van der Waals surface area contributed by atoms with E-state index in [4.69, 9.17) is 0 Å². The molecule has 0 saturated carbocycles. The van der Waals surface area contributed by atoms with Crippen molar-refractivity contribution in [1.29, 1.82) is 0 Å². The average molecular weight is 192 g/mol. The quantitative estimate of drug-likeness (QED) is 0.568. The smallest absolute Gasteiger partial charge is 0.225 e. The van der Waals surface area contributed by atoms with Gasteiger partial charge in [0.15, 0.2) is 0 Å². The van der Waals surface area contributed by atoms with Crippen molar-refractivity contribution in [3.05, 3.63) is 29.8 Å². The molecule has 1 aromatic carbocycles. The predicted molar refractivity (Wildman–Crippen MR) is 58.0 cm³/mol. The normalized spacial score (nSPS) is 10.8. The molecule has 1 amide bonds. The molecule has 76 valence electrons. The summed E-state index contributed by atoms with van der Waals surface area (Å²) < 4.78 is 0. The van der Waals surface area contributed by atoms with Gasteiger partial charge >= 0.3 is 0 Å². The van der Waals surface area contributed by atoms with Crippen molar-refractivity contribution in [2.24, 2.45) is 0 Å². The highest BCUT2D eigenvalue weighted by Gasteiger charge is 2.13. The molecule has 0 unspecified atom stereocenters. The maximum Gasteiger partial charge on any atom is 0.225 e. The Kier molecular flexibility index (Phi) is 3.12. The Labute approximate surface area is 84.5 Å². The van der Waals surface area contributed by atoms with Gasteiger partial charge in [0.1, 0.15) is 0 Å². The van der Waals surface area contributed by atoms with E-state index in [9.17, 15) is 4.79 Å². The van der Waals surface area contributed by atoms with Gasteiger partial charge in [-0.3, -0.25) is 15.6 Å². The fourth-order valence-corrected chi connectivity index (χ4v) is 1.18. The molecular weight excluding hydrogens is 176 g/mol. The van der Waals surface area contributed by atoms with Gasteiger partial charge in [-0.25, -0.2) is 0 Å². The van der Waals surface area contributed by atoms with Crippen molar-refractivity contribution in [3.63, 3.8) is 0 Å². The fourth-order valence-electron chi connectivity index (χ4n) is 1.18. The molecule has 3 heteroatoms. The van der Waals surface area contributed by atoms with Gasteiger partial charge in [-0.2, -0.15) is 0 Å². The Morgan fingerprint density at radius 2 is 2.00 bits per heavy atom. The summed E-state index contributed by atoms with van der Waals surface area (Å²) in [5, 5.41) is 0. The Balaban J connectivity index is 2.84. The molecule has 0 bridgehead atoms. The summed E-state index contributed by atoms with van der Waals surface area (Å²) in [6.45, 7) is 6.46. The van der Waals surface area contributed by atoms with Gasteiger partial charge < -0.3 is 0 Å². The van der Waals surface area contributed by atoms with Gasteiger partial charge in [-0.1, -0.05) is 32.9 Å². The lowest BCUT2D eigenvalue weighted by molar-refractivity contribution is -0.109. The topological polar surface area (TPSA) is 41.1 Å². The summed E-state index contributed by atoms with van der Waals surface area (Å²) in [5.41, 5.74) is 7.45. The van der Waals surface area contributed by atoms with E-state index in [2.05, 4.69) is 37.7 Å². The van der Waals surface area contributed by atoms with Gasteiger partial charge in [0, 0.05) is 0 Å². The molecule has 0 radical (unpaired) electrons. The zero-order valence-corrected chi connectivity index (χ0v) is 8.79. The van der Waals surface area contributed by atoms with Crippen molar-refractivity contribution in [2.75, 3.05) is 5.43 Å². The lowest BCUT2D eigenvalue weighted by Gasteiger charge is -2.19. The van der Waals surface area contributed by atoms with Crippen molar-refractivity contribution in [2.45, 2.75) is 26.2 Å². The average Bonchev–Trinajstić information content (AvgIpc) is 2.14. The number of rotatable bonds is 3. The van der Waals surface area contributed by atoms with Crippen LogP contribution in [0.5, 0.6) is 0 Å². The van der Waals surface area contributed by atoms with Crippen molar-refractivity contribution >= 4 is 12.1 Å². The van der Waals surface area contributed by atoms with Crippen LogP contribution in [0.15, 0.2) is 24.3 Å². The number of carbonyl (C=O) groups is 1. The van der Waals surface area contributed by atoms with Crippen LogP contribution in [-0.4, -0.2) is 6.41 Å².